The van der Waals surface area contributed by atoms with Crippen LogP contribution in [0.3, 0.4) is 0 Å². The fraction of sp³-hybridized carbons (Fsp3) is 0.350. The van der Waals surface area contributed by atoms with E-state index in [1.165, 1.54) is 5.56 Å². The van der Waals surface area contributed by atoms with Crippen molar-refractivity contribution in [1.82, 2.24) is 5.32 Å². The van der Waals surface area contributed by atoms with Crippen molar-refractivity contribution in [3.8, 4) is 5.75 Å². The number of halogens is 2. The van der Waals surface area contributed by atoms with Crippen LogP contribution in [0.5, 0.6) is 5.75 Å². The molecule has 0 aliphatic rings. The summed E-state index contributed by atoms with van der Waals surface area (Å²) in [5.41, 5.74) is 2.18. The van der Waals surface area contributed by atoms with Gasteiger partial charge in [0.05, 0.1) is 16.7 Å². The van der Waals surface area contributed by atoms with Crippen LogP contribution in [-0.4, -0.2) is 19.1 Å². The van der Waals surface area contributed by atoms with Gasteiger partial charge in [0.25, 0.3) is 0 Å². The third-order valence-corrected chi connectivity index (χ3v) is 4.58. The van der Waals surface area contributed by atoms with Gasteiger partial charge in [-0.2, -0.15) is 0 Å². The normalized spacial score (nSPS) is 10.5. The highest BCUT2D eigenvalue weighted by Crippen LogP contribution is 2.23. The first-order valence-corrected chi connectivity index (χ1v) is 9.27. The van der Waals surface area contributed by atoms with E-state index in [1.807, 2.05) is 37.3 Å². The molecule has 2 aromatic rings. The standard InChI is InChI=1S/C20H23Cl2NO2/c1-2-25-19-8-4-3-6-16(19)7-5-13-23-20(24)12-10-15-9-11-17(21)18(22)14-15/h3-4,6,8-9,11,14H,2,5,7,10,12-13H2,1H3,(H,23,24). The minimum Gasteiger partial charge on any atom is -0.494 e. The summed E-state index contributed by atoms with van der Waals surface area (Å²) >= 11 is 11.9. The lowest BCUT2D eigenvalue weighted by molar-refractivity contribution is -0.121. The summed E-state index contributed by atoms with van der Waals surface area (Å²) in [7, 11) is 0. The van der Waals surface area contributed by atoms with Crippen molar-refractivity contribution in [2.24, 2.45) is 0 Å². The van der Waals surface area contributed by atoms with E-state index in [4.69, 9.17) is 27.9 Å². The summed E-state index contributed by atoms with van der Waals surface area (Å²) in [5, 5.41) is 4.01. The number of para-hydroxylation sites is 1. The van der Waals surface area contributed by atoms with Crippen molar-refractivity contribution in [1.29, 1.82) is 0 Å². The Morgan fingerprint density at radius 2 is 1.88 bits per heavy atom. The van der Waals surface area contributed by atoms with Crippen LogP contribution in [0.2, 0.25) is 10.0 Å². The van der Waals surface area contributed by atoms with E-state index in [0.29, 0.717) is 36.0 Å². The van der Waals surface area contributed by atoms with E-state index in [0.717, 1.165) is 24.2 Å². The van der Waals surface area contributed by atoms with Gasteiger partial charge in [-0.15, -0.1) is 0 Å². The van der Waals surface area contributed by atoms with E-state index >= 15 is 0 Å². The number of carbonyl (C=O) groups is 1. The minimum absolute atomic E-state index is 0.0455. The van der Waals surface area contributed by atoms with Gasteiger partial charge in [0, 0.05) is 13.0 Å². The number of rotatable bonds is 9. The van der Waals surface area contributed by atoms with Crippen LogP contribution in [-0.2, 0) is 17.6 Å². The number of hydrogen-bond donors (Lipinski definition) is 1. The predicted octanol–water partition coefficient (Wildman–Crippen LogP) is 5.07. The maximum absolute atomic E-state index is 12.0. The van der Waals surface area contributed by atoms with Crippen molar-refractivity contribution >= 4 is 29.1 Å². The van der Waals surface area contributed by atoms with E-state index < -0.39 is 0 Å². The molecule has 0 saturated carbocycles. The van der Waals surface area contributed by atoms with Crippen molar-refractivity contribution in [3.63, 3.8) is 0 Å². The Morgan fingerprint density at radius 3 is 2.64 bits per heavy atom. The molecule has 0 fully saturated rings. The number of hydrogen-bond acceptors (Lipinski definition) is 2. The first kappa shape index (κ1) is 19.6. The van der Waals surface area contributed by atoms with Crippen LogP contribution in [0.1, 0.15) is 30.9 Å². The summed E-state index contributed by atoms with van der Waals surface area (Å²) < 4.78 is 5.61. The number of ether oxygens (including phenoxy) is 1. The number of benzene rings is 2. The van der Waals surface area contributed by atoms with Crippen LogP contribution in [0.15, 0.2) is 42.5 Å². The lowest BCUT2D eigenvalue weighted by Crippen LogP contribution is -2.25. The second kappa shape index (κ2) is 10.3. The summed E-state index contributed by atoms with van der Waals surface area (Å²) in [5.74, 6) is 0.972. The van der Waals surface area contributed by atoms with Crippen molar-refractivity contribution in [2.45, 2.75) is 32.6 Å². The predicted molar refractivity (Wildman–Crippen MR) is 104 cm³/mol. The van der Waals surface area contributed by atoms with Crippen molar-refractivity contribution in [2.75, 3.05) is 13.2 Å². The highest BCUT2D eigenvalue weighted by Gasteiger charge is 2.05. The van der Waals surface area contributed by atoms with Gasteiger partial charge in [-0.1, -0.05) is 47.5 Å². The first-order valence-electron chi connectivity index (χ1n) is 8.51. The second-order valence-corrected chi connectivity index (χ2v) is 6.56. The Morgan fingerprint density at radius 1 is 1.08 bits per heavy atom. The quantitative estimate of drug-likeness (QED) is 0.617. The molecule has 25 heavy (non-hydrogen) atoms. The first-order chi connectivity index (χ1) is 12.1. The molecule has 0 unspecified atom stereocenters. The molecule has 1 amide bonds. The zero-order chi connectivity index (χ0) is 18.1. The van der Waals surface area contributed by atoms with Crippen LogP contribution in [0.4, 0.5) is 0 Å². The number of amides is 1. The Bertz CT molecular complexity index is 704. The molecule has 0 aliphatic heterocycles. The molecule has 1 N–H and O–H groups in total. The molecule has 0 aliphatic carbocycles. The molecule has 3 nitrogen and oxygen atoms in total. The van der Waals surface area contributed by atoms with E-state index in [1.54, 1.807) is 6.07 Å². The minimum atomic E-state index is 0.0455. The zero-order valence-corrected chi connectivity index (χ0v) is 15.9. The fourth-order valence-corrected chi connectivity index (χ4v) is 2.88. The summed E-state index contributed by atoms with van der Waals surface area (Å²) in [6.45, 7) is 3.29. The van der Waals surface area contributed by atoms with Gasteiger partial charge in [-0.25, -0.2) is 0 Å². The Kier molecular flexibility index (Phi) is 8.10. The SMILES string of the molecule is CCOc1ccccc1CCCNC(=O)CCc1ccc(Cl)c(Cl)c1. The molecule has 5 heteroatoms. The van der Waals surface area contributed by atoms with Gasteiger partial charge in [0.1, 0.15) is 5.75 Å². The molecule has 0 aromatic heterocycles. The lowest BCUT2D eigenvalue weighted by atomic mass is 10.1. The number of carbonyl (C=O) groups excluding carboxylic acids is 1. The van der Waals surface area contributed by atoms with Crippen LogP contribution < -0.4 is 10.1 Å². The van der Waals surface area contributed by atoms with Gasteiger partial charge in [0.15, 0.2) is 0 Å². The van der Waals surface area contributed by atoms with Gasteiger partial charge in [0.2, 0.25) is 5.91 Å². The molecule has 0 heterocycles. The second-order valence-electron chi connectivity index (χ2n) is 5.74. The molecule has 0 radical (unpaired) electrons. The van der Waals surface area contributed by atoms with Gasteiger partial charge >= 0.3 is 0 Å². The average Bonchev–Trinajstić information content (AvgIpc) is 2.61. The summed E-state index contributed by atoms with van der Waals surface area (Å²) in [6.07, 6.45) is 2.84. The molecule has 2 aromatic carbocycles. The highest BCUT2D eigenvalue weighted by atomic mass is 35.5. The molecule has 2 rings (SSSR count). The van der Waals surface area contributed by atoms with Crippen LogP contribution in [0, 0.1) is 0 Å². The van der Waals surface area contributed by atoms with Gasteiger partial charge in [-0.05, 0) is 55.5 Å². The van der Waals surface area contributed by atoms with Crippen molar-refractivity contribution in [3.05, 3.63) is 63.6 Å². The Balaban J connectivity index is 1.69. The van der Waals surface area contributed by atoms with Crippen LogP contribution in [0.25, 0.3) is 0 Å². The highest BCUT2D eigenvalue weighted by molar-refractivity contribution is 6.42. The number of nitrogens with one attached hydrogen (secondary N) is 1. The zero-order valence-electron chi connectivity index (χ0n) is 14.4. The molecule has 0 bridgehead atoms. The monoisotopic (exact) mass is 379 g/mol. The molecule has 0 saturated heterocycles. The maximum Gasteiger partial charge on any atom is 0.220 e. The Hall–Kier alpha value is -1.71. The van der Waals surface area contributed by atoms with Gasteiger partial charge < -0.3 is 10.1 Å². The third kappa shape index (κ3) is 6.60. The topological polar surface area (TPSA) is 38.3 Å². The summed E-state index contributed by atoms with van der Waals surface area (Å²) in [4.78, 5) is 12.0. The Labute approximate surface area is 159 Å². The fourth-order valence-electron chi connectivity index (χ4n) is 2.55. The third-order valence-electron chi connectivity index (χ3n) is 3.84. The molecule has 0 spiro atoms. The molecule has 134 valence electrons. The number of aryl methyl sites for hydroxylation is 2. The van der Waals surface area contributed by atoms with Gasteiger partial charge in [-0.3, -0.25) is 4.79 Å². The van der Waals surface area contributed by atoms with Crippen molar-refractivity contribution < 1.29 is 9.53 Å². The molecular weight excluding hydrogens is 357 g/mol. The van der Waals surface area contributed by atoms with E-state index in [-0.39, 0.29) is 5.91 Å². The smallest absolute Gasteiger partial charge is 0.220 e. The largest absolute Gasteiger partial charge is 0.494 e. The molecule has 0 atom stereocenters. The summed E-state index contributed by atoms with van der Waals surface area (Å²) in [6, 6.07) is 13.5. The van der Waals surface area contributed by atoms with Crippen LogP contribution >= 0.6 is 23.2 Å². The average molecular weight is 380 g/mol. The maximum atomic E-state index is 12.0. The lowest BCUT2D eigenvalue weighted by Gasteiger charge is -2.10. The van der Waals surface area contributed by atoms with E-state index in [2.05, 4.69) is 11.4 Å². The molecular formula is C20H23Cl2NO2. The van der Waals surface area contributed by atoms with E-state index in [9.17, 15) is 4.79 Å².